The quantitative estimate of drug-likeness (QED) is 0.362. The summed E-state index contributed by atoms with van der Waals surface area (Å²) >= 11 is 0. The van der Waals surface area contributed by atoms with Gasteiger partial charge in [-0.25, -0.2) is 4.79 Å². The van der Waals surface area contributed by atoms with E-state index in [2.05, 4.69) is 15.5 Å². The Morgan fingerprint density at radius 1 is 0.932 bits per heavy atom. The lowest BCUT2D eigenvalue weighted by Gasteiger charge is -2.31. The maximum absolute atomic E-state index is 14.3. The minimum absolute atomic E-state index is 0.172. The molecule has 3 aromatic carbocycles. The summed E-state index contributed by atoms with van der Waals surface area (Å²) in [7, 11) is 1.66. The highest BCUT2D eigenvalue weighted by atomic mass is 16.5. The van der Waals surface area contributed by atoms with Crippen LogP contribution in [0.15, 0.2) is 96.2 Å². The molecule has 6 rings (SSSR count). The number of benzene rings is 3. The van der Waals surface area contributed by atoms with E-state index in [1.165, 1.54) is 24.2 Å². The molecule has 0 aromatic heterocycles. The molecule has 4 amide bonds. The van der Waals surface area contributed by atoms with E-state index in [4.69, 9.17) is 4.74 Å². The van der Waals surface area contributed by atoms with Crippen LogP contribution >= 0.6 is 0 Å². The molecule has 1 fully saturated rings. The van der Waals surface area contributed by atoms with Gasteiger partial charge < -0.3 is 25.2 Å². The van der Waals surface area contributed by atoms with Gasteiger partial charge in [0.15, 0.2) is 0 Å². The van der Waals surface area contributed by atoms with Crippen molar-refractivity contribution in [2.24, 2.45) is 0 Å². The Bertz CT molecular complexity index is 1520. The van der Waals surface area contributed by atoms with Crippen molar-refractivity contribution in [1.82, 2.24) is 25.3 Å². The van der Waals surface area contributed by atoms with Crippen molar-refractivity contribution in [1.29, 1.82) is 0 Å². The molecule has 3 heterocycles. The van der Waals surface area contributed by atoms with Gasteiger partial charge in [-0.05, 0) is 61.3 Å². The summed E-state index contributed by atoms with van der Waals surface area (Å²) in [6.07, 6.45) is 4.01. The molecule has 2 N–H and O–H groups in total. The van der Waals surface area contributed by atoms with E-state index in [1.54, 1.807) is 11.9 Å². The monoisotopic (exact) mass is 593 g/mol. The lowest BCUT2D eigenvalue weighted by atomic mass is 9.95. The van der Waals surface area contributed by atoms with Crippen LogP contribution in [0.1, 0.15) is 36.4 Å². The van der Waals surface area contributed by atoms with Gasteiger partial charge in [0.1, 0.15) is 17.5 Å². The highest BCUT2D eigenvalue weighted by Gasteiger charge is 2.46. The van der Waals surface area contributed by atoms with Crippen LogP contribution in [0.2, 0.25) is 0 Å². The zero-order chi connectivity index (χ0) is 30.5. The van der Waals surface area contributed by atoms with Gasteiger partial charge in [0.25, 0.3) is 5.91 Å². The first-order chi connectivity index (χ1) is 21.5. The molecule has 0 saturated carbocycles. The molecule has 0 radical (unpaired) electrons. The van der Waals surface area contributed by atoms with Gasteiger partial charge in [0.2, 0.25) is 5.91 Å². The van der Waals surface area contributed by atoms with E-state index in [0.29, 0.717) is 35.7 Å². The largest absolute Gasteiger partial charge is 0.457 e. The summed E-state index contributed by atoms with van der Waals surface area (Å²) in [5.41, 5.74) is 2.78. The summed E-state index contributed by atoms with van der Waals surface area (Å²) < 4.78 is 6.04. The number of hydrogen-bond donors (Lipinski definition) is 2. The molecule has 0 aliphatic carbocycles. The Balaban J connectivity index is 1.25. The van der Waals surface area contributed by atoms with Crippen LogP contribution in [0, 0.1) is 0 Å². The zero-order valence-corrected chi connectivity index (χ0v) is 25.1. The van der Waals surface area contributed by atoms with Crippen molar-refractivity contribution in [3.8, 4) is 11.5 Å². The summed E-state index contributed by atoms with van der Waals surface area (Å²) in [6, 6.07) is 24.9. The molecule has 3 aliphatic rings. The SMILES string of the molecule is CN1C(=O)N[C@@H](c2cccc(Oc3ccccc3)c2)C2=C1CN([C@@H](Cc1ccccc1)C(=O)NCCN1CCCCC1)C2=O. The number of likely N-dealkylation sites (N-methyl/N-ethyl adjacent to an activating group) is 1. The topological polar surface area (TPSA) is 94.2 Å². The molecule has 2 atom stereocenters. The number of carbonyl (C=O) groups excluding carboxylic acids is 3. The highest BCUT2D eigenvalue weighted by molar-refractivity contribution is 6.03. The number of piperidine rings is 1. The fourth-order valence-electron chi connectivity index (χ4n) is 6.29. The molecule has 44 heavy (non-hydrogen) atoms. The number of nitrogens with zero attached hydrogens (tertiary/aromatic N) is 3. The first-order valence-corrected chi connectivity index (χ1v) is 15.4. The van der Waals surface area contributed by atoms with E-state index in [1.807, 2.05) is 84.9 Å². The normalized spacial score (nSPS) is 19.4. The number of carbonyl (C=O) groups is 3. The third kappa shape index (κ3) is 6.48. The average Bonchev–Trinajstić information content (AvgIpc) is 3.40. The number of para-hydroxylation sites is 1. The highest BCUT2D eigenvalue weighted by Crippen LogP contribution is 2.38. The smallest absolute Gasteiger partial charge is 0.322 e. The first-order valence-electron chi connectivity index (χ1n) is 15.4. The second-order valence-electron chi connectivity index (χ2n) is 11.6. The van der Waals surface area contributed by atoms with Crippen LogP contribution in [0.25, 0.3) is 0 Å². The van der Waals surface area contributed by atoms with E-state index in [9.17, 15) is 14.4 Å². The lowest BCUT2D eigenvalue weighted by Crippen LogP contribution is -2.51. The number of ether oxygens (including phenoxy) is 1. The fraction of sp³-hybridized carbons (Fsp3) is 0.343. The Morgan fingerprint density at radius 3 is 2.39 bits per heavy atom. The molecular formula is C35H39N5O4. The fourth-order valence-corrected chi connectivity index (χ4v) is 6.29. The van der Waals surface area contributed by atoms with Gasteiger partial charge in [-0.15, -0.1) is 0 Å². The minimum atomic E-state index is -0.728. The van der Waals surface area contributed by atoms with Crippen molar-refractivity contribution >= 4 is 17.8 Å². The maximum atomic E-state index is 14.3. The third-order valence-corrected chi connectivity index (χ3v) is 8.69. The average molecular weight is 594 g/mol. The number of urea groups is 1. The van der Waals surface area contributed by atoms with E-state index in [0.717, 1.165) is 30.8 Å². The maximum Gasteiger partial charge on any atom is 0.322 e. The van der Waals surface area contributed by atoms with Crippen LogP contribution in [0.4, 0.5) is 4.79 Å². The Morgan fingerprint density at radius 2 is 1.64 bits per heavy atom. The van der Waals surface area contributed by atoms with E-state index < -0.39 is 12.1 Å². The van der Waals surface area contributed by atoms with Crippen molar-refractivity contribution in [2.45, 2.75) is 37.8 Å². The molecule has 0 spiro atoms. The van der Waals surface area contributed by atoms with Gasteiger partial charge in [-0.2, -0.15) is 0 Å². The molecule has 9 heteroatoms. The third-order valence-electron chi connectivity index (χ3n) is 8.69. The van der Waals surface area contributed by atoms with E-state index in [-0.39, 0.29) is 24.4 Å². The molecular weight excluding hydrogens is 554 g/mol. The van der Waals surface area contributed by atoms with Crippen LogP contribution in [-0.4, -0.2) is 78.4 Å². The molecule has 228 valence electrons. The van der Waals surface area contributed by atoms with Crippen molar-refractivity contribution in [3.05, 3.63) is 107 Å². The number of rotatable bonds is 10. The van der Waals surface area contributed by atoms with Crippen LogP contribution in [0.3, 0.4) is 0 Å². The predicted octanol–water partition coefficient (Wildman–Crippen LogP) is 4.48. The Labute approximate surface area is 258 Å². The second kappa shape index (κ2) is 13.3. The molecule has 0 bridgehead atoms. The molecule has 3 aliphatic heterocycles. The van der Waals surface area contributed by atoms with Gasteiger partial charge in [-0.3, -0.25) is 14.5 Å². The Hall–Kier alpha value is -4.63. The molecule has 0 unspecified atom stereocenters. The zero-order valence-electron chi connectivity index (χ0n) is 25.1. The van der Waals surface area contributed by atoms with E-state index >= 15 is 0 Å². The van der Waals surface area contributed by atoms with Crippen LogP contribution < -0.4 is 15.4 Å². The van der Waals surface area contributed by atoms with Crippen LogP contribution in [-0.2, 0) is 16.0 Å². The number of hydrogen-bond acceptors (Lipinski definition) is 5. The molecule has 3 aromatic rings. The number of nitrogens with one attached hydrogen (secondary N) is 2. The molecule has 1 saturated heterocycles. The summed E-state index contributed by atoms with van der Waals surface area (Å²) in [5.74, 6) is 0.852. The standard InChI is InChI=1S/C35H39N5O4/c1-38-30-24-40(29(22-25-12-5-2-6-13-25)33(41)36-18-21-39-19-9-4-10-20-39)34(42)31(30)32(37-35(38)43)26-14-11-17-28(23-26)44-27-15-7-3-8-16-27/h2-3,5-8,11-17,23,29,32H,4,9-10,18-22,24H2,1H3,(H,36,41)(H,37,43)/t29-,32-/m0/s1. The van der Waals surface area contributed by atoms with Gasteiger partial charge in [0.05, 0.1) is 23.9 Å². The Kier molecular flexibility index (Phi) is 8.93. The predicted molar refractivity (Wildman–Crippen MR) is 168 cm³/mol. The molecule has 9 nitrogen and oxygen atoms in total. The van der Waals surface area contributed by atoms with Gasteiger partial charge >= 0.3 is 6.03 Å². The van der Waals surface area contributed by atoms with Crippen molar-refractivity contribution < 1.29 is 19.1 Å². The lowest BCUT2D eigenvalue weighted by molar-refractivity contribution is -0.136. The second-order valence-corrected chi connectivity index (χ2v) is 11.6. The van der Waals surface area contributed by atoms with Crippen molar-refractivity contribution in [3.63, 3.8) is 0 Å². The van der Waals surface area contributed by atoms with Crippen molar-refractivity contribution in [2.75, 3.05) is 39.8 Å². The number of likely N-dealkylation sites (tertiary alicyclic amines) is 1. The number of amides is 4. The van der Waals surface area contributed by atoms with Crippen LogP contribution in [0.5, 0.6) is 11.5 Å². The van der Waals surface area contributed by atoms with Gasteiger partial charge in [-0.1, -0.05) is 67.1 Å². The first kappa shape index (κ1) is 29.4. The summed E-state index contributed by atoms with van der Waals surface area (Å²) in [4.78, 5) is 46.7. The summed E-state index contributed by atoms with van der Waals surface area (Å²) in [6.45, 7) is 3.59. The summed E-state index contributed by atoms with van der Waals surface area (Å²) in [5, 5.41) is 6.12. The van der Waals surface area contributed by atoms with Gasteiger partial charge in [0, 0.05) is 26.6 Å². The minimum Gasteiger partial charge on any atom is -0.457 e.